The summed E-state index contributed by atoms with van der Waals surface area (Å²) in [6, 6.07) is 47.2. The number of aryl methyl sites for hydroxylation is 1. The van der Waals surface area contributed by atoms with Crippen molar-refractivity contribution in [3.63, 3.8) is 0 Å². The number of para-hydroxylation sites is 1. The minimum Gasteiger partial charge on any atom is -0.486 e. The molecule has 0 aromatic heterocycles. The average Bonchev–Trinajstić information content (AvgIpc) is 3.28. The SMILES string of the molecule is CNCC[C@@H](Oc1ccccc1C)c1ccccc1.CNCC[C@H](Oc1ccc(C(F)(F)F)cc1)c1ccccc1.NCC[C@H](Oc1ccc(C(F)(F)F)cc1)c1ccccc1. The first-order chi connectivity index (χ1) is 29.8. The largest absolute Gasteiger partial charge is 0.486 e. The molecule has 0 saturated carbocycles. The Morgan fingerprint density at radius 1 is 0.452 bits per heavy atom. The predicted octanol–water partition coefficient (Wildman–Crippen LogP) is 12.3. The van der Waals surface area contributed by atoms with E-state index in [4.69, 9.17) is 19.9 Å². The van der Waals surface area contributed by atoms with Crippen molar-refractivity contribution < 1.29 is 40.6 Å². The van der Waals surface area contributed by atoms with Gasteiger partial charge in [-0.25, -0.2) is 0 Å². The molecule has 0 radical (unpaired) electrons. The molecule has 0 unspecified atom stereocenters. The maximum Gasteiger partial charge on any atom is 0.416 e. The van der Waals surface area contributed by atoms with Gasteiger partial charge in [-0.05, 0) is 118 Å². The summed E-state index contributed by atoms with van der Waals surface area (Å²) in [5, 5.41) is 6.24. The van der Waals surface area contributed by atoms with E-state index < -0.39 is 23.5 Å². The molecule has 0 bridgehead atoms. The van der Waals surface area contributed by atoms with Gasteiger partial charge in [-0.1, -0.05) is 109 Å². The van der Waals surface area contributed by atoms with Crippen LogP contribution in [-0.2, 0) is 12.4 Å². The van der Waals surface area contributed by atoms with E-state index in [0.29, 0.717) is 24.5 Å². The number of benzene rings is 6. The highest BCUT2D eigenvalue weighted by Crippen LogP contribution is 2.33. The Labute approximate surface area is 361 Å². The number of ether oxygens (including phenoxy) is 3. The summed E-state index contributed by atoms with van der Waals surface area (Å²) in [4.78, 5) is 0. The molecule has 6 aromatic rings. The third kappa shape index (κ3) is 16.6. The van der Waals surface area contributed by atoms with Crippen LogP contribution in [0.3, 0.4) is 0 Å². The first kappa shape index (κ1) is 48.8. The highest BCUT2D eigenvalue weighted by molar-refractivity contribution is 5.34. The second-order valence-electron chi connectivity index (χ2n) is 14.2. The zero-order chi connectivity index (χ0) is 44.8. The second-order valence-corrected chi connectivity index (χ2v) is 14.2. The molecular formula is C50H55F6N3O3. The van der Waals surface area contributed by atoms with Crippen molar-refractivity contribution in [2.45, 2.75) is 56.9 Å². The summed E-state index contributed by atoms with van der Waals surface area (Å²) in [5.74, 6) is 1.79. The van der Waals surface area contributed by atoms with E-state index in [1.54, 1.807) is 0 Å². The van der Waals surface area contributed by atoms with Crippen LogP contribution in [0.5, 0.6) is 17.2 Å². The van der Waals surface area contributed by atoms with Gasteiger partial charge in [-0.3, -0.25) is 0 Å². The third-order valence-corrected chi connectivity index (χ3v) is 9.54. The van der Waals surface area contributed by atoms with E-state index in [1.165, 1.54) is 35.4 Å². The van der Waals surface area contributed by atoms with Crippen molar-refractivity contribution >= 4 is 0 Å². The summed E-state index contributed by atoms with van der Waals surface area (Å²) in [6.07, 6.45) is -6.78. The molecule has 12 heteroatoms. The Bertz CT molecular complexity index is 2100. The van der Waals surface area contributed by atoms with E-state index in [9.17, 15) is 26.3 Å². The standard InChI is InChI=1S/C17H18F3NO.C17H21NO.C16H16F3NO/c1-21-12-11-16(13-5-3-2-4-6-13)22-15-9-7-14(8-10-15)17(18,19)20;1-14-8-6-7-11-16(14)19-17(12-13-18-2)15-9-4-3-5-10-15;17-16(18,19)13-6-8-14(9-7-13)21-15(10-11-20)12-4-2-1-3-5-12/h2-10,16,21H,11-12H2,1H3;3-11,17-18H,12-13H2,1-2H3;1-9,15H,10-11,20H2/t16-;17-;15-/m010/s1. The lowest BCUT2D eigenvalue weighted by molar-refractivity contribution is -0.138. The molecule has 0 heterocycles. The van der Waals surface area contributed by atoms with Gasteiger partial charge in [0.2, 0.25) is 0 Å². The number of alkyl halides is 6. The van der Waals surface area contributed by atoms with Crippen LogP contribution in [0.15, 0.2) is 164 Å². The zero-order valence-electron chi connectivity index (χ0n) is 35.1. The molecule has 0 fully saturated rings. The quantitative estimate of drug-likeness (QED) is 0.0793. The normalized spacial score (nSPS) is 12.7. The van der Waals surface area contributed by atoms with Gasteiger partial charge in [0.1, 0.15) is 35.6 Å². The number of rotatable bonds is 17. The van der Waals surface area contributed by atoms with E-state index in [1.807, 2.05) is 99.0 Å². The lowest BCUT2D eigenvalue weighted by atomic mass is 10.1. The fourth-order valence-electron chi connectivity index (χ4n) is 6.20. The molecule has 0 saturated heterocycles. The molecule has 4 N–H and O–H groups in total. The molecule has 3 atom stereocenters. The number of nitrogens with two attached hydrogens (primary N) is 1. The van der Waals surface area contributed by atoms with E-state index in [0.717, 1.165) is 67.1 Å². The van der Waals surface area contributed by atoms with E-state index >= 15 is 0 Å². The maximum absolute atomic E-state index is 12.6. The molecule has 0 amide bonds. The van der Waals surface area contributed by atoms with Crippen molar-refractivity contribution in [3.8, 4) is 17.2 Å². The fourth-order valence-corrected chi connectivity index (χ4v) is 6.20. The average molecular weight is 860 g/mol. The Morgan fingerprint density at radius 2 is 0.790 bits per heavy atom. The summed E-state index contributed by atoms with van der Waals surface area (Å²) >= 11 is 0. The van der Waals surface area contributed by atoms with Crippen LogP contribution < -0.4 is 30.6 Å². The lowest BCUT2D eigenvalue weighted by Crippen LogP contribution is -2.16. The van der Waals surface area contributed by atoms with Crippen LogP contribution in [0.1, 0.15) is 71.0 Å². The first-order valence-corrected chi connectivity index (χ1v) is 20.4. The molecule has 6 rings (SSSR count). The van der Waals surface area contributed by atoms with Crippen LogP contribution >= 0.6 is 0 Å². The molecule has 62 heavy (non-hydrogen) atoms. The van der Waals surface area contributed by atoms with Gasteiger partial charge >= 0.3 is 12.4 Å². The molecule has 0 aliphatic heterocycles. The molecule has 0 aliphatic rings. The van der Waals surface area contributed by atoms with Gasteiger partial charge < -0.3 is 30.6 Å². The smallest absolute Gasteiger partial charge is 0.416 e. The van der Waals surface area contributed by atoms with Crippen LogP contribution in [0, 0.1) is 6.92 Å². The van der Waals surface area contributed by atoms with Gasteiger partial charge in [0.15, 0.2) is 0 Å². The van der Waals surface area contributed by atoms with Crippen LogP contribution in [0.25, 0.3) is 0 Å². The van der Waals surface area contributed by atoms with E-state index in [-0.39, 0.29) is 18.3 Å². The summed E-state index contributed by atoms with van der Waals surface area (Å²) in [5.41, 5.74) is 8.55. The van der Waals surface area contributed by atoms with Crippen molar-refractivity contribution in [2.75, 3.05) is 33.7 Å². The summed E-state index contributed by atoms with van der Waals surface area (Å²) in [7, 11) is 3.82. The number of nitrogens with one attached hydrogen (secondary N) is 2. The summed E-state index contributed by atoms with van der Waals surface area (Å²) < 4.78 is 93.0. The lowest BCUT2D eigenvalue weighted by Gasteiger charge is -2.20. The number of halogens is 6. The van der Waals surface area contributed by atoms with Crippen molar-refractivity contribution in [1.29, 1.82) is 0 Å². The monoisotopic (exact) mass is 859 g/mol. The minimum atomic E-state index is -4.34. The Hall–Kier alpha value is -5.82. The van der Waals surface area contributed by atoms with Crippen LogP contribution in [0.4, 0.5) is 26.3 Å². The second kappa shape index (κ2) is 25.2. The van der Waals surface area contributed by atoms with Gasteiger partial charge in [0.25, 0.3) is 0 Å². The number of hydrogen-bond donors (Lipinski definition) is 3. The number of hydrogen-bond acceptors (Lipinski definition) is 6. The molecular weight excluding hydrogens is 805 g/mol. The minimum absolute atomic E-state index is 0.0924. The Morgan fingerprint density at radius 3 is 1.13 bits per heavy atom. The Balaban J connectivity index is 0.000000205. The van der Waals surface area contributed by atoms with E-state index in [2.05, 4.69) is 47.9 Å². The highest BCUT2D eigenvalue weighted by atomic mass is 19.4. The Kier molecular flexibility index (Phi) is 19.8. The van der Waals surface area contributed by atoms with Gasteiger partial charge in [0, 0.05) is 19.3 Å². The van der Waals surface area contributed by atoms with Crippen molar-refractivity contribution in [1.82, 2.24) is 10.6 Å². The van der Waals surface area contributed by atoms with Gasteiger partial charge in [-0.15, -0.1) is 0 Å². The first-order valence-electron chi connectivity index (χ1n) is 20.4. The predicted molar refractivity (Wildman–Crippen MR) is 234 cm³/mol. The van der Waals surface area contributed by atoms with Crippen LogP contribution in [-0.4, -0.2) is 33.7 Å². The topological polar surface area (TPSA) is 77.8 Å². The molecule has 0 spiro atoms. The third-order valence-electron chi connectivity index (χ3n) is 9.54. The zero-order valence-corrected chi connectivity index (χ0v) is 35.1. The van der Waals surface area contributed by atoms with Crippen LogP contribution in [0.2, 0.25) is 0 Å². The van der Waals surface area contributed by atoms with Gasteiger partial charge in [-0.2, -0.15) is 26.3 Å². The van der Waals surface area contributed by atoms with Gasteiger partial charge in [0.05, 0.1) is 11.1 Å². The summed E-state index contributed by atoms with van der Waals surface area (Å²) in [6.45, 7) is 4.20. The molecule has 6 nitrogen and oxygen atoms in total. The molecule has 6 aromatic carbocycles. The molecule has 0 aliphatic carbocycles. The van der Waals surface area contributed by atoms with Crippen molar-refractivity contribution in [3.05, 3.63) is 197 Å². The fraction of sp³-hybridized carbons (Fsp3) is 0.280. The highest BCUT2D eigenvalue weighted by Gasteiger charge is 2.31. The van der Waals surface area contributed by atoms with Crippen molar-refractivity contribution in [2.24, 2.45) is 5.73 Å². The maximum atomic E-state index is 12.6. The molecule has 330 valence electrons.